The molecular formula is C11H10ClN5O2S. The van der Waals surface area contributed by atoms with Crippen LogP contribution in [0.2, 0.25) is 0 Å². The Bertz CT molecular complexity index is 883. The fourth-order valence-corrected chi connectivity index (χ4v) is 3.02. The molecule has 0 unspecified atom stereocenters. The highest BCUT2D eigenvalue weighted by molar-refractivity contribution is 8.13. The maximum absolute atomic E-state index is 11.5. The van der Waals surface area contributed by atoms with E-state index in [1.54, 1.807) is 23.8 Å². The summed E-state index contributed by atoms with van der Waals surface area (Å²) in [5, 5.41) is 11.6. The third kappa shape index (κ3) is 1.97. The van der Waals surface area contributed by atoms with Crippen LogP contribution in [0.25, 0.3) is 16.9 Å². The van der Waals surface area contributed by atoms with Gasteiger partial charge in [-0.3, -0.25) is 4.57 Å². The van der Waals surface area contributed by atoms with E-state index >= 15 is 0 Å². The second kappa shape index (κ2) is 4.57. The van der Waals surface area contributed by atoms with E-state index in [-0.39, 0.29) is 5.16 Å². The molecule has 0 radical (unpaired) electrons. The molecule has 0 aromatic carbocycles. The summed E-state index contributed by atoms with van der Waals surface area (Å²) in [7, 11) is 1.43. The van der Waals surface area contributed by atoms with Crippen LogP contribution in [0.5, 0.6) is 0 Å². The van der Waals surface area contributed by atoms with Gasteiger partial charge in [-0.1, -0.05) is 6.07 Å². The smallest absolute Gasteiger partial charge is 0.296 e. The average molecular weight is 312 g/mol. The summed E-state index contributed by atoms with van der Waals surface area (Å²) in [6.45, 7) is 2.18. The van der Waals surface area contributed by atoms with Gasteiger partial charge >= 0.3 is 0 Å². The van der Waals surface area contributed by atoms with Crippen molar-refractivity contribution in [3.05, 3.63) is 30.6 Å². The fraction of sp³-hybridized carbons (Fsp3) is 0.182. The first-order chi connectivity index (χ1) is 9.52. The molecule has 0 fully saturated rings. The second-order valence-electron chi connectivity index (χ2n) is 4.08. The van der Waals surface area contributed by atoms with E-state index in [4.69, 9.17) is 10.7 Å². The van der Waals surface area contributed by atoms with Gasteiger partial charge < -0.3 is 0 Å². The maximum atomic E-state index is 11.5. The summed E-state index contributed by atoms with van der Waals surface area (Å²) >= 11 is 0. The molecule has 0 N–H and O–H groups in total. The SMILES string of the molecule is CCn1c(-c2cnn3ccccc23)nnc1S(=O)(=O)Cl. The summed E-state index contributed by atoms with van der Waals surface area (Å²) in [6, 6.07) is 5.58. The van der Waals surface area contributed by atoms with E-state index in [0.29, 0.717) is 17.9 Å². The van der Waals surface area contributed by atoms with Crippen LogP contribution in [-0.2, 0) is 15.6 Å². The van der Waals surface area contributed by atoms with Crippen molar-refractivity contribution in [1.82, 2.24) is 24.4 Å². The maximum Gasteiger partial charge on any atom is 0.296 e. The van der Waals surface area contributed by atoms with Gasteiger partial charge in [0.1, 0.15) is 0 Å². The van der Waals surface area contributed by atoms with E-state index in [9.17, 15) is 8.42 Å². The van der Waals surface area contributed by atoms with Crippen molar-refractivity contribution in [3.8, 4) is 11.4 Å². The van der Waals surface area contributed by atoms with Crippen molar-refractivity contribution in [2.75, 3.05) is 0 Å². The van der Waals surface area contributed by atoms with Crippen LogP contribution >= 0.6 is 10.7 Å². The van der Waals surface area contributed by atoms with Gasteiger partial charge in [-0.15, -0.1) is 10.2 Å². The number of aromatic nitrogens is 5. The highest BCUT2D eigenvalue weighted by Crippen LogP contribution is 2.25. The number of fused-ring (bicyclic) bond motifs is 1. The number of halogens is 1. The zero-order chi connectivity index (χ0) is 14.3. The van der Waals surface area contributed by atoms with Crippen molar-refractivity contribution in [2.45, 2.75) is 18.6 Å². The van der Waals surface area contributed by atoms with Crippen LogP contribution in [0.15, 0.2) is 35.7 Å². The molecule has 3 rings (SSSR count). The standard InChI is InChI=1S/C11H10ClN5O2S/c1-2-16-10(14-15-11(16)20(12,18)19)8-7-13-17-6-4-3-5-9(8)17/h3-7H,2H2,1H3. The molecule has 9 heteroatoms. The van der Waals surface area contributed by atoms with E-state index in [2.05, 4.69) is 15.3 Å². The van der Waals surface area contributed by atoms with Crippen LogP contribution in [-0.4, -0.2) is 32.8 Å². The lowest BCUT2D eigenvalue weighted by Gasteiger charge is -2.04. The number of nitrogens with zero attached hydrogens (tertiary/aromatic N) is 5. The van der Waals surface area contributed by atoms with Crippen molar-refractivity contribution in [2.24, 2.45) is 0 Å². The van der Waals surface area contributed by atoms with Crippen molar-refractivity contribution < 1.29 is 8.42 Å². The minimum absolute atomic E-state index is 0.257. The van der Waals surface area contributed by atoms with Crippen molar-refractivity contribution in [3.63, 3.8) is 0 Å². The summed E-state index contributed by atoms with van der Waals surface area (Å²) in [5.74, 6) is 0.424. The molecular weight excluding hydrogens is 302 g/mol. The lowest BCUT2D eigenvalue weighted by Crippen LogP contribution is -2.06. The zero-order valence-electron chi connectivity index (χ0n) is 10.4. The molecule has 0 aliphatic rings. The monoisotopic (exact) mass is 311 g/mol. The van der Waals surface area contributed by atoms with Gasteiger partial charge in [-0.05, 0) is 19.1 Å². The van der Waals surface area contributed by atoms with E-state index < -0.39 is 9.05 Å². The quantitative estimate of drug-likeness (QED) is 0.685. The Hall–Kier alpha value is -1.93. The summed E-state index contributed by atoms with van der Waals surface area (Å²) in [4.78, 5) is 0. The lowest BCUT2D eigenvalue weighted by atomic mass is 10.2. The normalized spacial score (nSPS) is 12.1. The van der Waals surface area contributed by atoms with E-state index in [0.717, 1.165) is 5.52 Å². The molecule has 7 nitrogen and oxygen atoms in total. The Morgan fingerprint density at radius 3 is 2.80 bits per heavy atom. The highest BCUT2D eigenvalue weighted by atomic mass is 35.7. The van der Waals surface area contributed by atoms with Crippen LogP contribution in [0.4, 0.5) is 0 Å². The lowest BCUT2D eigenvalue weighted by molar-refractivity contribution is 0.583. The molecule has 3 aromatic rings. The molecule has 20 heavy (non-hydrogen) atoms. The number of hydrogen-bond donors (Lipinski definition) is 0. The molecule has 0 saturated heterocycles. The number of pyridine rings is 1. The number of rotatable bonds is 3. The molecule has 0 spiro atoms. The fourth-order valence-electron chi connectivity index (χ4n) is 2.06. The highest BCUT2D eigenvalue weighted by Gasteiger charge is 2.23. The summed E-state index contributed by atoms with van der Waals surface area (Å²) < 4.78 is 26.1. The van der Waals surface area contributed by atoms with E-state index in [1.807, 2.05) is 18.2 Å². The Kier molecular flexibility index (Phi) is 2.98. The van der Waals surface area contributed by atoms with Crippen LogP contribution in [0.3, 0.4) is 0 Å². The average Bonchev–Trinajstić information content (AvgIpc) is 3.00. The molecule has 0 saturated carbocycles. The minimum Gasteiger partial charge on any atom is -0.297 e. The molecule has 0 atom stereocenters. The summed E-state index contributed by atoms with van der Waals surface area (Å²) in [6.07, 6.45) is 3.42. The predicted molar refractivity (Wildman–Crippen MR) is 72.9 cm³/mol. The first-order valence-corrected chi connectivity index (χ1v) is 8.14. The van der Waals surface area contributed by atoms with Gasteiger partial charge in [0.05, 0.1) is 17.3 Å². The van der Waals surface area contributed by atoms with Gasteiger partial charge in [-0.2, -0.15) is 5.10 Å². The Morgan fingerprint density at radius 2 is 2.10 bits per heavy atom. The molecule has 0 bridgehead atoms. The van der Waals surface area contributed by atoms with Gasteiger partial charge in [0.2, 0.25) is 0 Å². The van der Waals surface area contributed by atoms with Crippen LogP contribution in [0.1, 0.15) is 6.92 Å². The predicted octanol–water partition coefficient (Wildman–Crippen LogP) is 1.54. The molecule has 0 aliphatic heterocycles. The Labute approximate surface area is 119 Å². The molecule has 0 amide bonds. The van der Waals surface area contributed by atoms with Gasteiger partial charge in [-0.25, -0.2) is 12.9 Å². The Morgan fingerprint density at radius 1 is 1.30 bits per heavy atom. The first-order valence-electron chi connectivity index (χ1n) is 5.83. The van der Waals surface area contributed by atoms with Crippen LogP contribution in [0, 0.1) is 0 Å². The van der Waals surface area contributed by atoms with E-state index in [1.165, 1.54) is 4.57 Å². The first kappa shape index (κ1) is 13.1. The second-order valence-corrected chi connectivity index (χ2v) is 6.54. The molecule has 3 heterocycles. The number of hydrogen-bond acceptors (Lipinski definition) is 5. The minimum atomic E-state index is -3.93. The summed E-state index contributed by atoms with van der Waals surface area (Å²) in [5.41, 5.74) is 1.51. The van der Waals surface area contributed by atoms with Crippen molar-refractivity contribution in [1.29, 1.82) is 0 Å². The van der Waals surface area contributed by atoms with Gasteiger partial charge in [0, 0.05) is 23.4 Å². The molecule has 0 aliphatic carbocycles. The van der Waals surface area contributed by atoms with Gasteiger partial charge in [0.25, 0.3) is 14.2 Å². The van der Waals surface area contributed by atoms with Gasteiger partial charge in [0.15, 0.2) is 5.82 Å². The Balaban J connectivity index is 2.28. The van der Waals surface area contributed by atoms with Crippen LogP contribution < -0.4 is 0 Å². The third-order valence-electron chi connectivity index (χ3n) is 2.92. The third-order valence-corrected chi connectivity index (χ3v) is 4.07. The van der Waals surface area contributed by atoms with Crippen molar-refractivity contribution >= 4 is 25.2 Å². The molecule has 104 valence electrons. The molecule has 3 aromatic heterocycles. The topological polar surface area (TPSA) is 82.2 Å². The largest absolute Gasteiger partial charge is 0.297 e. The zero-order valence-corrected chi connectivity index (χ0v) is 12.0.